The van der Waals surface area contributed by atoms with Crippen LogP contribution in [-0.4, -0.2) is 96.5 Å². The number of aromatic nitrogens is 2. The number of ether oxygens (including phenoxy) is 8. The summed E-state index contributed by atoms with van der Waals surface area (Å²) in [6.45, 7) is 57.1. The first-order chi connectivity index (χ1) is 58.1. The van der Waals surface area contributed by atoms with Crippen molar-refractivity contribution in [3.05, 3.63) is 291 Å². The average Bonchev–Trinajstić information content (AvgIpc) is 0.764. The summed E-state index contributed by atoms with van der Waals surface area (Å²) in [5, 5.41) is 51.6. The predicted octanol–water partition coefficient (Wildman–Crippen LogP) is 23.7. The molecule has 8 aromatic carbocycles. The molecule has 0 saturated carbocycles. The van der Waals surface area contributed by atoms with Crippen molar-refractivity contribution in [3.63, 3.8) is 0 Å². The number of benzene rings is 8. The molecule has 16 bridgehead atoms. The number of aromatic hydroxyl groups is 4. The number of hydrogen-bond donors (Lipinski definition) is 4. The fraction of sp³-hybridized carbons (Fsp3) is 0.473. The highest BCUT2D eigenvalue weighted by atomic mass is 16.6. The van der Waals surface area contributed by atoms with Crippen LogP contribution in [0, 0.1) is 0 Å². The van der Waals surface area contributed by atoms with E-state index in [2.05, 4.69) is 273 Å². The van der Waals surface area contributed by atoms with Gasteiger partial charge in [0.2, 0.25) is 0 Å². The molecule has 4 N–H and O–H groups in total. The summed E-state index contributed by atoms with van der Waals surface area (Å²) in [5.74, 6) is 3.85. The molecule has 0 aliphatic heterocycles. The van der Waals surface area contributed by atoms with E-state index in [4.69, 9.17) is 37.9 Å². The van der Waals surface area contributed by atoms with Gasteiger partial charge in [-0.2, -0.15) is 0 Å². The van der Waals surface area contributed by atoms with E-state index in [1.807, 2.05) is 36.4 Å². The molecule has 662 valence electrons. The molecule has 2 heterocycles. The van der Waals surface area contributed by atoms with Gasteiger partial charge in [0, 0.05) is 63.8 Å². The summed E-state index contributed by atoms with van der Waals surface area (Å²) in [5.41, 5.74) is 22.4. The predicted molar refractivity (Wildman–Crippen MR) is 502 cm³/mol. The van der Waals surface area contributed by atoms with Crippen LogP contribution in [-0.2, 0) is 127 Å². The minimum absolute atomic E-state index is 0.238. The first-order valence-corrected chi connectivity index (χ1v) is 44.8. The van der Waals surface area contributed by atoms with Crippen LogP contribution >= 0.6 is 0 Å². The molecule has 2 aromatic heterocycles. The lowest BCUT2D eigenvalue weighted by molar-refractivity contribution is -0.00706. The Labute approximate surface area is 740 Å². The number of hydrogen-bond acceptors (Lipinski definition) is 14. The monoisotopic (exact) mass is 1680 g/mol. The molecule has 2 aliphatic carbocycles. The third kappa shape index (κ3) is 23.5. The lowest BCUT2D eigenvalue weighted by Gasteiger charge is -2.28. The van der Waals surface area contributed by atoms with Crippen molar-refractivity contribution < 1.29 is 58.3 Å². The second kappa shape index (κ2) is 37.8. The Kier molecular flexibility index (Phi) is 28.5. The van der Waals surface area contributed by atoms with Gasteiger partial charge in [-0.25, -0.2) is 0 Å². The summed E-state index contributed by atoms with van der Waals surface area (Å²) < 4.78 is 52.6. The smallest absolute Gasteiger partial charge is 0.130 e. The molecule has 0 spiro atoms. The number of phenolic OH excluding ortho intramolecular Hbond substituents is 4. The van der Waals surface area contributed by atoms with Crippen LogP contribution < -0.4 is 18.9 Å². The van der Waals surface area contributed by atoms with Gasteiger partial charge >= 0.3 is 0 Å². The van der Waals surface area contributed by atoms with E-state index < -0.39 is 0 Å². The molecule has 14 heteroatoms. The quantitative estimate of drug-likeness (QED) is 0.0444. The first-order valence-electron chi connectivity index (χ1n) is 44.8. The van der Waals surface area contributed by atoms with Gasteiger partial charge in [0.1, 0.15) is 72.4 Å². The second-order valence-electron chi connectivity index (χ2n) is 42.8. The molecule has 2 aliphatic rings. The Morgan fingerprint density at radius 1 is 0.218 bits per heavy atom. The van der Waals surface area contributed by atoms with Crippen LogP contribution in [0.15, 0.2) is 146 Å². The normalized spacial score (nSPS) is 13.7. The van der Waals surface area contributed by atoms with E-state index >= 15 is 0 Å². The average molecular weight is 1680 g/mol. The maximum absolute atomic E-state index is 12.9. The summed E-state index contributed by atoms with van der Waals surface area (Å²) in [7, 11) is 0. The fourth-order valence-electron chi connectivity index (χ4n) is 16.5. The number of pyridine rings is 2. The highest BCUT2D eigenvalue weighted by molar-refractivity contribution is 5.63. The Morgan fingerprint density at radius 3 is 0.540 bits per heavy atom. The maximum Gasteiger partial charge on any atom is 0.130 e. The van der Waals surface area contributed by atoms with Gasteiger partial charge in [-0.05, 0) is 201 Å². The fourth-order valence-corrected chi connectivity index (χ4v) is 16.5. The van der Waals surface area contributed by atoms with Gasteiger partial charge < -0.3 is 58.3 Å². The van der Waals surface area contributed by atoms with Crippen molar-refractivity contribution >= 4 is 0 Å². The number of fused-ring (bicyclic) bond motifs is 16. The van der Waals surface area contributed by atoms with Gasteiger partial charge in [0.05, 0.1) is 64.2 Å². The van der Waals surface area contributed by atoms with Gasteiger partial charge in [0.25, 0.3) is 0 Å². The van der Waals surface area contributed by atoms with Crippen molar-refractivity contribution in [2.45, 2.75) is 274 Å². The molecule has 124 heavy (non-hydrogen) atoms. The molecule has 12 rings (SSSR count). The summed E-state index contributed by atoms with van der Waals surface area (Å²) in [4.78, 5) is 9.29. The molecule has 0 unspecified atom stereocenters. The highest BCUT2D eigenvalue weighted by Gasteiger charge is 2.33. The molecular weight excluding hydrogens is 1540 g/mol. The van der Waals surface area contributed by atoms with E-state index in [1.165, 1.54) is 0 Å². The molecule has 0 radical (unpaired) electrons. The molecule has 0 amide bonds. The van der Waals surface area contributed by atoms with E-state index in [9.17, 15) is 20.4 Å². The zero-order valence-corrected chi connectivity index (χ0v) is 78.9. The van der Waals surface area contributed by atoms with Crippen LogP contribution in [0.5, 0.6) is 46.0 Å². The lowest BCUT2D eigenvalue weighted by atomic mass is 9.79. The minimum atomic E-state index is -0.262. The van der Waals surface area contributed by atoms with Gasteiger partial charge in [-0.1, -0.05) is 275 Å². The van der Waals surface area contributed by atoms with E-state index in [-0.39, 0.29) is 92.7 Å². The summed E-state index contributed by atoms with van der Waals surface area (Å²) >= 11 is 0. The van der Waals surface area contributed by atoms with Crippen molar-refractivity contribution in [3.8, 4) is 46.0 Å². The second-order valence-corrected chi connectivity index (χ2v) is 42.8. The van der Waals surface area contributed by atoms with Crippen LogP contribution in [0.4, 0.5) is 0 Å². The number of phenols is 4. The highest BCUT2D eigenvalue weighted by Crippen LogP contribution is 2.48. The Morgan fingerprint density at radius 2 is 0.379 bits per heavy atom. The molecule has 0 saturated heterocycles. The summed E-state index contributed by atoms with van der Waals surface area (Å²) in [6, 6.07) is 47.1. The Hall–Kier alpha value is -9.70. The van der Waals surface area contributed by atoms with Gasteiger partial charge in [-0.15, -0.1) is 0 Å². The lowest BCUT2D eigenvalue weighted by Crippen LogP contribution is -2.18. The van der Waals surface area contributed by atoms with Gasteiger partial charge in [-0.3, -0.25) is 9.97 Å². The van der Waals surface area contributed by atoms with Crippen LogP contribution in [0.3, 0.4) is 0 Å². The minimum Gasteiger partial charge on any atom is -0.507 e. The zero-order chi connectivity index (χ0) is 89.8. The van der Waals surface area contributed by atoms with E-state index in [0.29, 0.717) is 116 Å². The topological polar surface area (TPSA) is 181 Å². The molecule has 10 aromatic rings. The van der Waals surface area contributed by atoms with Crippen LogP contribution in [0.1, 0.15) is 311 Å². The summed E-state index contributed by atoms with van der Waals surface area (Å²) in [6.07, 6.45) is 6.67. The van der Waals surface area contributed by atoms with Gasteiger partial charge in [0.15, 0.2) is 0 Å². The van der Waals surface area contributed by atoms with Crippen LogP contribution in [0.25, 0.3) is 0 Å². The zero-order valence-electron chi connectivity index (χ0n) is 78.9. The van der Waals surface area contributed by atoms with E-state index in [0.717, 1.165) is 156 Å². The molecular formula is C110H140N2O12. The van der Waals surface area contributed by atoms with Crippen LogP contribution in [0.2, 0.25) is 0 Å². The molecule has 0 atom stereocenters. The van der Waals surface area contributed by atoms with Crippen molar-refractivity contribution in [1.29, 1.82) is 0 Å². The third-order valence-corrected chi connectivity index (χ3v) is 24.3. The standard InChI is InChI=1S/C110H140N2O12/c1-103(2,3)85-51-69-43-77-59-89(107(13,14)15)60-78(44-70-52-86(104(4,5)6)56-74(96(70)114)48-82-64-91(109(19,20)21)63-81(47-73(55-85)95(69)113)101(82)123-67-93-29-25-27-31-111-93)99(77)121-41-39-119-37-35-117-33-34-118-36-38-120-40-42-122-100-79-45-71-53-87(105(7,8)9)57-75(97(71)115)49-83-65-92(110(22,23)24)66-84(102(83)124-68-94-30-26-28-32-112-94)50-76-58-88(106(10,11)12)54-72(98(76)116)46-80(100)62-90(61-79)108(16,17)18/h25-32,51-66,113-116H,33-50,67-68H2,1-24H3. The maximum atomic E-state index is 12.9. The third-order valence-electron chi connectivity index (χ3n) is 24.3. The number of rotatable bonds is 23. The van der Waals surface area contributed by atoms with Crippen molar-refractivity contribution in [2.24, 2.45) is 0 Å². The Balaban J connectivity index is 0.730. The van der Waals surface area contributed by atoms with E-state index in [1.54, 1.807) is 12.4 Å². The SMILES string of the molecule is CC(C)(C)c1cc2c(O)c(c1)Cc1cc(C(C)(C)C)cc(c1OCc1ccccn1)Cc1cc(C(C)(C)C)cc(c1O)Cc1cc(C(C)(C)C)cc(c1OCCOCCOCCOCCOCCOc1c3cc(C(C)(C)C)cc1Cc1cc(C(C)(C)C)cc(c1O)Cc1cc(C(C)(C)C)cc(c1OCc1ccccn1)Cc1cc(C(C)(C)C)cc(c1O)C3)C2. The van der Waals surface area contributed by atoms with Crippen molar-refractivity contribution in [1.82, 2.24) is 9.97 Å². The number of nitrogens with zero attached hydrogens (tertiary/aromatic N) is 2. The molecule has 0 fully saturated rings. The van der Waals surface area contributed by atoms with Crippen molar-refractivity contribution in [2.75, 3.05) is 66.1 Å². The largest absolute Gasteiger partial charge is 0.507 e. The molecule has 14 nitrogen and oxygen atoms in total. The first kappa shape index (κ1) is 93.5. The Bertz CT molecular complexity index is 4840.